The summed E-state index contributed by atoms with van der Waals surface area (Å²) in [6.45, 7) is 1.87. The quantitative estimate of drug-likeness (QED) is 0.119. The highest BCUT2D eigenvalue weighted by atomic mass is 35.5. The number of nitrogens with zero attached hydrogens (tertiary/aromatic N) is 1. The minimum atomic E-state index is -4.12. The van der Waals surface area contributed by atoms with Gasteiger partial charge in [-0.1, -0.05) is 127 Å². The summed E-state index contributed by atoms with van der Waals surface area (Å²) < 4.78 is 32.8. The number of amides is 1. The minimum absolute atomic E-state index is 0.0657. The van der Waals surface area contributed by atoms with E-state index >= 15 is 0 Å². The fourth-order valence-electron chi connectivity index (χ4n) is 4.50. The van der Waals surface area contributed by atoms with E-state index in [0.29, 0.717) is 27.6 Å². The number of anilines is 1. The molecule has 0 radical (unpaired) electrons. The molecule has 0 unspecified atom stereocenters. The van der Waals surface area contributed by atoms with Crippen molar-refractivity contribution >= 4 is 56.6 Å². The van der Waals surface area contributed by atoms with Crippen LogP contribution in [0.15, 0.2) is 97.1 Å². The Kier molecular flexibility index (Phi) is 12.6. The van der Waals surface area contributed by atoms with E-state index in [1.807, 2.05) is 49.4 Å². The zero-order valence-corrected chi connectivity index (χ0v) is 27.8. The van der Waals surface area contributed by atoms with Gasteiger partial charge in [0.2, 0.25) is 10.0 Å². The molecule has 4 aromatic rings. The standard InChI is InChI=1S/C35H33Cl3N2O4S/c1-2-3-22-44-35(41)40(45(42,43)25-26-17-19-31(37)32(38)23-26)21-11-10-16-29-24-30(36)18-20-33(29)39-34(27-12-6-4-7-13-27)28-14-8-5-9-15-28/h4-9,12-15,17-20,23-24,34,39H,2-3,11,21-22,25H2,1H3. The molecule has 0 saturated heterocycles. The van der Waals surface area contributed by atoms with Crippen LogP contribution in [0.4, 0.5) is 10.5 Å². The van der Waals surface area contributed by atoms with Crippen molar-refractivity contribution in [1.29, 1.82) is 0 Å². The average molecular weight is 684 g/mol. The number of carbonyl (C=O) groups excluding carboxylic acids is 1. The van der Waals surface area contributed by atoms with Gasteiger partial charge in [0.15, 0.2) is 0 Å². The number of nitrogens with one attached hydrogen (secondary N) is 1. The molecule has 0 fully saturated rings. The second kappa shape index (κ2) is 16.6. The predicted octanol–water partition coefficient (Wildman–Crippen LogP) is 9.36. The smallest absolute Gasteiger partial charge is 0.423 e. The van der Waals surface area contributed by atoms with Gasteiger partial charge in [-0.3, -0.25) is 0 Å². The van der Waals surface area contributed by atoms with Crippen molar-refractivity contribution < 1.29 is 17.9 Å². The Labute approximate surface area is 280 Å². The van der Waals surface area contributed by atoms with Crippen molar-refractivity contribution in [2.75, 3.05) is 18.5 Å². The van der Waals surface area contributed by atoms with Crippen LogP contribution < -0.4 is 5.32 Å². The maximum Gasteiger partial charge on any atom is 0.423 e. The summed E-state index contributed by atoms with van der Waals surface area (Å²) in [6.07, 6.45) is 0.532. The van der Waals surface area contributed by atoms with Crippen LogP contribution in [0.1, 0.15) is 54.5 Å². The van der Waals surface area contributed by atoms with Gasteiger partial charge in [0.05, 0.1) is 40.7 Å². The molecule has 4 aromatic carbocycles. The molecule has 10 heteroatoms. The highest BCUT2D eigenvalue weighted by Gasteiger charge is 2.29. The largest absolute Gasteiger partial charge is 0.449 e. The molecule has 1 N–H and O–H groups in total. The van der Waals surface area contributed by atoms with E-state index < -0.39 is 21.9 Å². The molecular formula is C35H33Cl3N2O4S. The number of hydrogen-bond donors (Lipinski definition) is 1. The third kappa shape index (κ3) is 9.91. The zero-order valence-electron chi connectivity index (χ0n) is 24.7. The third-order valence-electron chi connectivity index (χ3n) is 6.81. The lowest BCUT2D eigenvalue weighted by molar-refractivity contribution is 0.124. The second-order valence-corrected chi connectivity index (χ2v) is 13.3. The van der Waals surface area contributed by atoms with Crippen LogP contribution in [0.5, 0.6) is 0 Å². The lowest BCUT2D eigenvalue weighted by Gasteiger charge is -2.22. The van der Waals surface area contributed by atoms with Gasteiger partial charge in [0.1, 0.15) is 0 Å². The molecule has 0 spiro atoms. The highest BCUT2D eigenvalue weighted by Crippen LogP contribution is 2.30. The number of ether oxygens (including phenoxy) is 1. The summed E-state index contributed by atoms with van der Waals surface area (Å²) in [4.78, 5) is 12.9. The molecule has 6 nitrogen and oxygen atoms in total. The van der Waals surface area contributed by atoms with Gasteiger partial charge in [-0.15, -0.1) is 0 Å². The predicted molar refractivity (Wildman–Crippen MR) is 183 cm³/mol. The van der Waals surface area contributed by atoms with Gasteiger partial charge < -0.3 is 10.1 Å². The first-order valence-corrected chi connectivity index (χ1v) is 17.2. The Morgan fingerprint density at radius 1 is 0.889 bits per heavy atom. The van der Waals surface area contributed by atoms with E-state index in [1.54, 1.807) is 18.2 Å². The number of sulfonamides is 1. The summed E-state index contributed by atoms with van der Waals surface area (Å²) in [5, 5.41) is 4.63. The van der Waals surface area contributed by atoms with Crippen molar-refractivity contribution in [3.8, 4) is 11.8 Å². The van der Waals surface area contributed by atoms with Crippen molar-refractivity contribution in [3.05, 3.63) is 134 Å². The normalized spacial score (nSPS) is 11.0. The second-order valence-electron chi connectivity index (χ2n) is 10.2. The number of carbonyl (C=O) groups is 1. The van der Waals surface area contributed by atoms with Crippen LogP contribution in [0.25, 0.3) is 0 Å². The molecule has 0 bridgehead atoms. The first-order valence-electron chi connectivity index (χ1n) is 14.4. The Bertz CT molecular complexity index is 1720. The van der Waals surface area contributed by atoms with E-state index in [-0.39, 0.29) is 30.6 Å². The van der Waals surface area contributed by atoms with Gasteiger partial charge in [0, 0.05) is 17.0 Å². The summed E-state index contributed by atoms with van der Waals surface area (Å²) in [5.41, 5.74) is 3.93. The zero-order chi connectivity index (χ0) is 32.2. The first-order chi connectivity index (χ1) is 21.7. The minimum Gasteiger partial charge on any atom is -0.449 e. The van der Waals surface area contributed by atoms with E-state index in [1.165, 1.54) is 12.1 Å². The fourth-order valence-corrected chi connectivity index (χ4v) is 6.40. The van der Waals surface area contributed by atoms with Crippen LogP contribution in [-0.4, -0.2) is 32.0 Å². The molecule has 0 aliphatic rings. The molecule has 0 heterocycles. The molecule has 0 aliphatic carbocycles. The van der Waals surface area contributed by atoms with Crippen LogP contribution >= 0.6 is 34.8 Å². The van der Waals surface area contributed by atoms with Crippen LogP contribution in [0.2, 0.25) is 15.1 Å². The molecule has 0 saturated carbocycles. The van der Waals surface area contributed by atoms with Crippen LogP contribution in [0, 0.1) is 11.8 Å². The van der Waals surface area contributed by atoms with E-state index in [2.05, 4.69) is 41.4 Å². The van der Waals surface area contributed by atoms with Crippen molar-refractivity contribution in [2.45, 2.75) is 38.0 Å². The van der Waals surface area contributed by atoms with Gasteiger partial charge in [-0.2, -0.15) is 0 Å². The summed E-state index contributed by atoms with van der Waals surface area (Å²) in [7, 11) is -4.12. The number of halogens is 3. The summed E-state index contributed by atoms with van der Waals surface area (Å²) in [6, 6.07) is 29.9. The maximum absolute atomic E-state index is 13.4. The average Bonchev–Trinajstić information content (AvgIpc) is 3.03. The van der Waals surface area contributed by atoms with Gasteiger partial charge in [0.25, 0.3) is 0 Å². The Morgan fingerprint density at radius 2 is 1.56 bits per heavy atom. The number of rotatable bonds is 12. The molecule has 0 aromatic heterocycles. The molecule has 0 aliphatic heterocycles. The SMILES string of the molecule is CCCCOC(=O)N(CCC#Cc1cc(Cl)ccc1NC(c1ccccc1)c1ccccc1)S(=O)(=O)Cc1ccc(Cl)c(Cl)c1. The monoisotopic (exact) mass is 682 g/mol. The molecule has 1 amide bonds. The lowest BCUT2D eigenvalue weighted by atomic mass is 9.98. The van der Waals surface area contributed by atoms with Crippen molar-refractivity contribution in [3.63, 3.8) is 0 Å². The van der Waals surface area contributed by atoms with E-state index in [4.69, 9.17) is 39.5 Å². The van der Waals surface area contributed by atoms with Crippen molar-refractivity contribution in [2.24, 2.45) is 0 Å². The number of unbranched alkanes of at least 4 members (excludes halogenated alkanes) is 1. The highest BCUT2D eigenvalue weighted by molar-refractivity contribution is 7.88. The lowest BCUT2D eigenvalue weighted by Crippen LogP contribution is -2.39. The third-order valence-corrected chi connectivity index (χ3v) is 9.48. The van der Waals surface area contributed by atoms with E-state index in [9.17, 15) is 13.2 Å². The summed E-state index contributed by atoms with van der Waals surface area (Å²) in [5.74, 6) is 5.69. The molecule has 45 heavy (non-hydrogen) atoms. The van der Waals surface area contributed by atoms with E-state index in [0.717, 1.165) is 27.5 Å². The van der Waals surface area contributed by atoms with Crippen LogP contribution in [-0.2, 0) is 20.5 Å². The molecule has 4 rings (SSSR count). The Morgan fingerprint density at radius 3 is 2.18 bits per heavy atom. The summed E-state index contributed by atoms with van der Waals surface area (Å²) >= 11 is 18.4. The van der Waals surface area contributed by atoms with Gasteiger partial charge in [-0.05, 0) is 53.4 Å². The molecular weight excluding hydrogens is 651 g/mol. The Hall–Kier alpha value is -3.67. The molecule has 0 atom stereocenters. The maximum atomic E-state index is 13.4. The number of benzene rings is 4. The number of hydrogen-bond acceptors (Lipinski definition) is 5. The topological polar surface area (TPSA) is 75.7 Å². The first kappa shape index (κ1) is 34.2. The van der Waals surface area contributed by atoms with Gasteiger partial charge >= 0.3 is 6.09 Å². The fraction of sp³-hybridized carbons (Fsp3) is 0.229. The van der Waals surface area contributed by atoms with Gasteiger partial charge in [-0.25, -0.2) is 17.5 Å². The Balaban J connectivity index is 1.56. The van der Waals surface area contributed by atoms with Crippen molar-refractivity contribution in [1.82, 2.24) is 4.31 Å². The molecule has 234 valence electrons. The van der Waals surface area contributed by atoms with Crippen LogP contribution in [0.3, 0.4) is 0 Å².